The van der Waals surface area contributed by atoms with E-state index in [-0.39, 0.29) is 0 Å². The van der Waals surface area contributed by atoms with Gasteiger partial charge in [0.05, 0.1) is 0 Å². The average Bonchev–Trinajstić information content (AvgIpc) is 2.67. The van der Waals surface area contributed by atoms with Gasteiger partial charge in [-0.3, -0.25) is 4.40 Å². The quantitative estimate of drug-likeness (QED) is 0.660. The monoisotopic (exact) mass is 192 g/mol. The second kappa shape index (κ2) is 4.01. The zero-order chi connectivity index (χ0) is 9.80. The van der Waals surface area contributed by atoms with Crippen molar-refractivity contribution in [3.63, 3.8) is 0 Å². The number of anilines is 1. The van der Waals surface area contributed by atoms with E-state index in [1.807, 2.05) is 10.6 Å². The third-order valence-electron chi connectivity index (χ3n) is 1.89. The van der Waals surface area contributed by atoms with Crippen molar-refractivity contribution in [2.75, 3.05) is 18.4 Å². The lowest BCUT2D eigenvalue weighted by Crippen LogP contribution is -2.10. The number of rotatable bonds is 4. The Morgan fingerprint density at radius 3 is 3.29 bits per heavy atom. The van der Waals surface area contributed by atoms with Gasteiger partial charge in [0.2, 0.25) is 5.65 Å². The first-order valence-corrected chi connectivity index (χ1v) is 4.50. The lowest BCUT2D eigenvalue weighted by molar-refractivity contribution is 0.869. The van der Waals surface area contributed by atoms with E-state index < -0.39 is 0 Å². The Kier molecular flexibility index (Phi) is 2.55. The second-order valence-corrected chi connectivity index (χ2v) is 2.91. The molecule has 0 aliphatic rings. The van der Waals surface area contributed by atoms with Crippen LogP contribution in [0.2, 0.25) is 0 Å². The van der Waals surface area contributed by atoms with E-state index in [0.29, 0.717) is 6.54 Å². The van der Waals surface area contributed by atoms with Crippen LogP contribution in [-0.4, -0.2) is 32.7 Å². The third kappa shape index (κ3) is 1.64. The maximum absolute atomic E-state index is 5.39. The van der Waals surface area contributed by atoms with Crippen LogP contribution in [0.15, 0.2) is 18.7 Å². The summed E-state index contributed by atoms with van der Waals surface area (Å²) in [7, 11) is 0. The number of nitrogens with one attached hydrogen (secondary N) is 1. The van der Waals surface area contributed by atoms with E-state index in [1.54, 1.807) is 12.5 Å². The minimum atomic E-state index is 0.669. The summed E-state index contributed by atoms with van der Waals surface area (Å²) in [4.78, 5) is 4.18. The van der Waals surface area contributed by atoms with Crippen LogP contribution >= 0.6 is 0 Å². The molecule has 6 heteroatoms. The van der Waals surface area contributed by atoms with Gasteiger partial charge in [0.15, 0.2) is 5.82 Å². The molecule has 0 aliphatic carbocycles. The van der Waals surface area contributed by atoms with Crippen molar-refractivity contribution in [2.45, 2.75) is 6.42 Å². The summed E-state index contributed by atoms with van der Waals surface area (Å²) in [6.45, 7) is 1.47. The van der Waals surface area contributed by atoms with Gasteiger partial charge >= 0.3 is 0 Å². The van der Waals surface area contributed by atoms with Crippen LogP contribution in [0.5, 0.6) is 0 Å². The Bertz CT molecular complexity index is 409. The predicted octanol–water partition coefficient (Wildman–Crippen LogP) is -0.115. The molecule has 0 aromatic carbocycles. The highest BCUT2D eigenvalue weighted by molar-refractivity contribution is 5.61. The van der Waals surface area contributed by atoms with Crippen LogP contribution in [0, 0.1) is 0 Å². The molecule has 74 valence electrons. The molecule has 0 aliphatic heterocycles. The van der Waals surface area contributed by atoms with Crippen molar-refractivity contribution < 1.29 is 0 Å². The lowest BCUT2D eigenvalue weighted by Gasteiger charge is -2.04. The predicted molar refractivity (Wildman–Crippen MR) is 52.9 cm³/mol. The molecule has 0 amide bonds. The van der Waals surface area contributed by atoms with E-state index in [4.69, 9.17) is 5.73 Å². The van der Waals surface area contributed by atoms with Crippen LogP contribution in [0.25, 0.3) is 5.65 Å². The Morgan fingerprint density at radius 2 is 2.43 bits per heavy atom. The number of fused-ring (bicyclic) bond motifs is 1. The van der Waals surface area contributed by atoms with Crippen LogP contribution < -0.4 is 11.1 Å². The number of aromatic nitrogens is 4. The number of hydrogen-bond donors (Lipinski definition) is 2. The summed E-state index contributed by atoms with van der Waals surface area (Å²) < 4.78 is 1.82. The van der Waals surface area contributed by atoms with Gasteiger partial charge in [-0.25, -0.2) is 4.98 Å². The first kappa shape index (κ1) is 8.89. The van der Waals surface area contributed by atoms with Crippen molar-refractivity contribution in [2.24, 2.45) is 5.73 Å². The first-order chi connectivity index (χ1) is 6.92. The number of hydrogen-bond acceptors (Lipinski definition) is 5. The molecule has 2 rings (SSSR count). The molecule has 0 unspecified atom stereocenters. The third-order valence-corrected chi connectivity index (χ3v) is 1.89. The topological polar surface area (TPSA) is 81.1 Å². The number of nitrogens with two attached hydrogens (primary N) is 1. The van der Waals surface area contributed by atoms with Gasteiger partial charge in [-0.2, -0.15) is 0 Å². The molecular weight excluding hydrogens is 180 g/mol. The largest absolute Gasteiger partial charge is 0.367 e. The van der Waals surface area contributed by atoms with Crippen LogP contribution in [0.4, 0.5) is 5.82 Å². The molecule has 0 atom stereocenters. The molecule has 2 heterocycles. The lowest BCUT2D eigenvalue weighted by atomic mass is 10.4. The van der Waals surface area contributed by atoms with Crippen LogP contribution in [-0.2, 0) is 0 Å². The van der Waals surface area contributed by atoms with Crippen molar-refractivity contribution in [1.29, 1.82) is 0 Å². The molecule has 6 nitrogen and oxygen atoms in total. The molecule has 2 aromatic heterocycles. The average molecular weight is 192 g/mol. The molecule has 2 aromatic rings. The minimum Gasteiger partial charge on any atom is -0.367 e. The maximum Gasteiger partial charge on any atom is 0.203 e. The smallest absolute Gasteiger partial charge is 0.203 e. The van der Waals surface area contributed by atoms with E-state index in [2.05, 4.69) is 20.5 Å². The standard InChI is InChI=1S/C8H12N6/c9-2-1-3-10-7-8-13-12-6-14(8)5-4-11-7/h4-6H,1-3,9H2,(H,10,11). The Morgan fingerprint density at radius 1 is 1.50 bits per heavy atom. The fraction of sp³-hybridized carbons (Fsp3) is 0.375. The van der Waals surface area contributed by atoms with Gasteiger partial charge in [-0.05, 0) is 13.0 Å². The van der Waals surface area contributed by atoms with Crippen molar-refractivity contribution in [3.8, 4) is 0 Å². The zero-order valence-corrected chi connectivity index (χ0v) is 7.72. The molecule has 14 heavy (non-hydrogen) atoms. The zero-order valence-electron chi connectivity index (χ0n) is 7.72. The van der Waals surface area contributed by atoms with Crippen molar-refractivity contribution >= 4 is 11.5 Å². The molecule has 0 fully saturated rings. The Balaban J connectivity index is 2.19. The first-order valence-electron chi connectivity index (χ1n) is 4.50. The van der Waals surface area contributed by atoms with Gasteiger partial charge in [0.25, 0.3) is 0 Å². The second-order valence-electron chi connectivity index (χ2n) is 2.91. The van der Waals surface area contributed by atoms with E-state index in [9.17, 15) is 0 Å². The van der Waals surface area contributed by atoms with E-state index in [1.165, 1.54) is 0 Å². The Labute approximate surface area is 81.2 Å². The fourth-order valence-corrected chi connectivity index (χ4v) is 1.19. The van der Waals surface area contributed by atoms with Crippen LogP contribution in [0.3, 0.4) is 0 Å². The van der Waals surface area contributed by atoms with Gasteiger partial charge < -0.3 is 11.1 Å². The molecule has 0 spiro atoms. The molecule has 0 radical (unpaired) electrons. The van der Waals surface area contributed by atoms with Crippen LogP contribution in [0.1, 0.15) is 6.42 Å². The summed E-state index contributed by atoms with van der Waals surface area (Å²) in [5.74, 6) is 0.749. The fourth-order valence-electron chi connectivity index (χ4n) is 1.19. The Hall–Kier alpha value is -1.69. The number of nitrogens with zero attached hydrogens (tertiary/aromatic N) is 4. The molecular formula is C8H12N6. The molecule has 0 saturated carbocycles. The van der Waals surface area contributed by atoms with Gasteiger partial charge in [-0.15, -0.1) is 10.2 Å². The van der Waals surface area contributed by atoms with E-state index in [0.717, 1.165) is 24.4 Å². The summed E-state index contributed by atoms with van der Waals surface area (Å²) in [6.07, 6.45) is 6.08. The van der Waals surface area contributed by atoms with Gasteiger partial charge in [0.1, 0.15) is 6.33 Å². The molecule has 3 N–H and O–H groups in total. The van der Waals surface area contributed by atoms with Crippen molar-refractivity contribution in [1.82, 2.24) is 19.6 Å². The molecule has 0 bridgehead atoms. The maximum atomic E-state index is 5.39. The summed E-state index contributed by atoms with van der Waals surface area (Å²) >= 11 is 0. The SMILES string of the molecule is NCCCNc1nccn2cnnc12. The summed E-state index contributed by atoms with van der Waals surface area (Å²) in [5, 5.41) is 10.9. The summed E-state index contributed by atoms with van der Waals surface area (Å²) in [6, 6.07) is 0. The normalized spacial score (nSPS) is 10.6. The van der Waals surface area contributed by atoms with E-state index >= 15 is 0 Å². The highest BCUT2D eigenvalue weighted by atomic mass is 15.2. The van der Waals surface area contributed by atoms with Gasteiger partial charge in [-0.1, -0.05) is 0 Å². The van der Waals surface area contributed by atoms with Gasteiger partial charge in [0, 0.05) is 18.9 Å². The molecule has 0 saturated heterocycles. The van der Waals surface area contributed by atoms with Crippen molar-refractivity contribution in [3.05, 3.63) is 18.7 Å². The highest BCUT2D eigenvalue weighted by Gasteiger charge is 2.02. The highest BCUT2D eigenvalue weighted by Crippen LogP contribution is 2.08. The minimum absolute atomic E-state index is 0.669. The summed E-state index contributed by atoms with van der Waals surface area (Å²) in [5.41, 5.74) is 6.13.